The number of nitrogens with two attached hydrogens (primary N) is 1. The zero-order chi connectivity index (χ0) is 12.3. The number of para-hydroxylation sites is 1. The number of hydrogen-bond acceptors (Lipinski definition) is 4. The Morgan fingerprint density at radius 1 is 1.41 bits per heavy atom. The molecule has 0 aliphatic rings. The normalized spacial score (nSPS) is 10.2. The number of hydrogen-bond donors (Lipinski definition) is 1. The number of carbonyl (C=O) groups excluding carboxylic acids is 1. The molecule has 0 amide bonds. The van der Waals surface area contributed by atoms with Crippen LogP contribution in [0.4, 0.5) is 5.69 Å². The molecule has 0 atom stereocenters. The third-order valence-electron chi connectivity index (χ3n) is 2.53. The number of Topliss-reactive ketones (excluding diaryl/α,β-unsaturated/α-hetero) is 1. The fraction of sp³-hybridized carbons (Fsp3) is 0.154. The molecule has 0 spiro atoms. The molecule has 1 aromatic carbocycles. The maximum Gasteiger partial charge on any atom is 0.169 e. The molecule has 2 aromatic rings. The van der Waals surface area contributed by atoms with Crippen LogP contribution in [-0.4, -0.2) is 12.9 Å². The molecule has 0 aliphatic heterocycles. The van der Waals surface area contributed by atoms with E-state index in [1.165, 1.54) is 0 Å². The van der Waals surface area contributed by atoms with Crippen molar-refractivity contribution >= 4 is 22.8 Å². The van der Waals surface area contributed by atoms with Crippen LogP contribution in [-0.2, 0) is 6.42 Å². The van der Waals surface area contributed by atoms with Gasteiger partial charge in [0.05, 0.1) is 12.8 Å². The predicted molar refractivity (Wildman–Crippen MR) is 69.8 cm³/mol. The van der Waals surface area contributed by atoms with E-state index < -0.39 is 0 Å². The van der Waals surface area contributed by atoms with Crippen LogP contribution in [0.1, 0.15) is 15.9 Å². The number of thiophene rings is 1. The Labute approximate surface area is 104 Å². The van der Waals surface area contributed by atoms with Crippen LogP contribution >= 0.6 is 11.3 Å². The standard InChI is InChI=1S/C13H13NO2S/c1-16-12-4-2-3-10(13(12)14)11(15)7-9-5-6-17-8-9/h2-6,8H,7,14H2,1H3. The fourth-order valence-electron chi connectivity index (χ4n) is 1.64. The van der Waals surface area contributed by atoms with Gasteiger partial charge in [0.1, 0.15) is 5.75 Å². The second-order valence-electron chi connectivity index (χ2n) is 3.65. The molecule has 3 nitrogen and oxygen atoms in total. The molecule has 4 heteroatoms. The van der Waals surface area contributed by atoms with E-state index in [1.807, 2.05) is 16.8 Å². The average molecular weight is 247 g/mol. The van der Waals surface area contributed by atoms with Crippen LogP contribution in [0.3, 0.4) is 0 Å². The smallest absolute Gasteiger partial charge is 0.169 e. The number of rotatable bonds is 4. The highest BCUT2D eigenvalue weighted by atomic mass is 32.1. The molecule has 2 rings (SSSR count). The highest BCUT2D eigenvalue weighted by Gasteiger charge is 2.13. The van der Waals surface area contributed by atoms with Gasteiger partial charge >= 0.3 is 0 Å². The molecule has 1 aromatic heterocycles. The molecule has 17 heavy (non-hydrogen) atoms. The van der Waals surface area contributed by atoms with Gasteiger partial charge in [-0.05, 0) is 34.5 Å². The van der Waals surface area contributed by atoms with Crippen molar-refractivity contribution in [1.82, 2.24) is 0 Å². The molecule has 2 N–H and O–H groups in total. The Hall–Kier alpha value is -1.81. The Balaban J connectivity index is 2.25. The molecule has 0 unspecified atom stereocenters. The summed E-state index contributed by atoms with van der Waals surface area (Å²) in [5, 5.41) is 3.92. The predicted octanol–water partition coefficient (Wildman–Crippen LogP) is 2.76. The largest absolute Gasteiger partial charge is 0.495 e. The summed E-state index contributed by atoms with van der Waals surface area (Å²) in [5.41, 5.74) is 7.83. The first-order valence-corrected chi connectivity index (χ1v) is 6.13. The minimum Gasteiger partial charge on any atom is -0.495 e. The Bertz CT molecular complexity index is 520. The van der Waals surface area contributed by atoms with Crippen molar-refractivity contribution in [3.8, 4) is 5.75 Å². The molecule has 88 valence electrons. The molecule has 0 saturated carbocycles. The van der Waals surface area contributed by atoms with E-state index in [1.54, 1.807) is 36.6 Å². The van der Waals surface area contributed by atoms with Gasteiger partial charge < -0.3 is 10.5 Å². The summed E-state index contributed by atoms with van der Waals surface area (Å²) >= 11 is 1.58. The summed E-state index contributed by atoms with van der Waals surface area (Å²) in [6.07, 6.45) is 0.376. The molecular weight excluding hydrogens is 234 g/mol. The van der Waals surface area contributed by atoms with Gasteiger partial charge in [0.15, 0.2) is 5.78 Å². The summed E-state index contributed by atoms with van der Waals surface area (Å²) in [7, 11) is 1.54. The maximum absolute atomic E-state index is 12.1. The molecule has 0 aliphatic carbocycles. The lowest BCUT2D eigenvalue weighted by Gasteiger charge is -2.08. The zero-order valence-electron chi connectivity index (χ0n) is 9.47. The molecule has 0 bridgehead atoms. The van der Waals surface area contributed by atoms with Gasteiger partial charge in [0.25, 0.3) is 0 Å². The van der Waals surface area contributed by atoms with Crippen LogP contribution in [0, 0.1) is 0 Å². The van der Waals surface area contributed by atoms with Crippen LogP contribution in [0.25, 0.3) is 0 Å². The van der Waals surface area contributed by atoms with Crippen molar-refractivity contribution in [2.75, 3.05) is 12.8 Å². The Morgan fingerprint density at radius 3 is 2.88 bits per heavy atom. The summed E-state index contributed by atoms with van der Waals surface area (Å²) in [4.78, 5) is 12.1. The Morgan fingerprint density at radius 2 is 2.24 bits per heavy atom. The van der Waals surface area contributed by atoms with E-state index in [9.17, 15) is 4.79 Å². The lowest BCUT2D eigenvalue weighted by Crippen LogP contribution is -2.07. The zero-order valence-corrected chi connectivity index (χ0v) is 10.3. The summed E-state index contributed by atoms with van der Waals surface area (Å²) < 4.78 is 5.10. The summed E-state index contributed by atoms with van der Waals surface area (Å²) in [6.45, 7) is 0. The van der Waals surface area contributed by atoms with Crippen molar-refractivity contribution < 1.29 is 9.53 Å². The van der Waals surface area contributed by atoms with E-state index in [4.69, 9.17) is 10.5 Å². The Kier molecular flexibility index (Phi) is 3.44. The summed E-state index contributed by atoms with van der Waals surface area (Å²) in [6, 6.07) is 7.19. The molecule has 0 fully saturated rings. The molecule has 1 heterocycles. The van der Waals surface area contributed by atoms with Crippen molar-refractivity contribution in [2.24, 2.45) is 0 Å². The molecule has 0 saturated heterocycles. The number of anilines is 1. The van der Waals surface area contributed by atoms with E-state index in [-0.39, 0.29) is 5.78 Å². The number of carbonyl (C=O) groups is 1. The van der Waals surface area contributed by atoms with Crippen LogP contribution in [0.15, 0.2) is 35.0 Å². The van der Waals surface area contributed by atoms with Gasteiger partial charge in [0.2, 0.25) is 0 Å². The number of ketones is 1. The van der Waals surface area contributed by atoms with Crippen LogP contribution in [0.2, 0.25) is 0 Å². The SMILES string of the molecule is COc1cccc(C(=O)Cc2ccsc2)c1N. The maximum atomic E-state index is 12.1. The summed E-state index contributed by atoms with van der Waals surface area (Å²) in [5.74, 6) is 0.556. The third-order valence-corrected chi connectivity index (χ3v) is 3.26. The second kappa shape index (κ2) is 5.01. The van der Waals surface area contributed by atoms with Gasteiger partial charge in [-0.15, -0.1) is 0 Å². The topological polar surface area (TPSA) is 52.3 Å². The van der Waals surface area contributed by atoms with Gasteiger partial charge in [-0.1, -0.05) is 6.07 Å². The average Bonchev–Trinajstić information content (AvgIpc) is 2.82. The van der Waals surface area contributed by atoms with Crippen molar-refractivity contribution in [2.45, 2.75) is 6.42 Å². The number of benzene rings is 1. The first-order chi connectivity index (χ1) is 8.22. The number of ether oxygens (including phenoxy) is 1. The molecular formula is C13H13NO2S. The van der Waals surface area contributed by atoms with E-state index in [2.05, 4.69) is 0 Å². The van der Waals surface area contributed by atoms with Crippen molar-refractivity contribution in [3.05, 3.63) is 46.2 Å². The number of nitrogen functional groups attached to an aromatic ring is 1. The minimum absolute atomic E-state index is 0.0137. The highest BCUT2D eigenvalue weighted by Crippen LogP contribution is 2.26. The fourth-order valence-corrected chi connectivity index (χ4v) is 2.31. The van der Waals surface area contributed by atoms with Gasteiger partial charge in [0, 0.05) is 12.0 Å². The number of methoxy groups -OCH3 is 1. The lowest BCUT2D eigenvalue weighted by molar-refractivity contribution is 0.0993. The minimum atomic E-state index is 0.0137. The second-order valence-corrected chi connectivity index (χ2v) is 4.43. The monoisotopic (exact) mass is 247 g/mol. The van der Waals surface area contributed by atoms with Gasteiger partial charge in [-0.25, -0.2) is 0 Å². The van der Waals surface area contributed by atoms with Crippen LogP contribution in [0.5, 0.6) is 5.75 Å². The molecule has 0 radical (unpaired) electrons. The van der Waals surface area contributed by atoms with E-state index in [0.29, 0.717) is 23.4 Å². The third kappa shape index (κ3) is 2.47. The quantitative estimate of drug-likeness (QED) is 0.667. The van der Waals surface area contributed by atoms with Gasteiger partial charge in [-0.3, -0.25) is 4.79 Å². The van der Waals surface area contributed by atoms with Crippen LogP contribution < -0.4 is 10.5 Å². The van der Waals surface area contributed by atoms with E-state index in [0.717, 1.165) is 5.56 Å². The highest BCUT2D eigenvalue weighted by molar-refractivity contribution is 7.08. The lowest BCUT2D eigenvalue weighted by atomic mass is 10.0. The first-order valence-electron chi connectivity index (χ1n) is 5.19. The van der Waals surface area contributed by atoms with Crippen molar-refractivity contribution in [3.63, 3.8) is 0 Å². The first kappa shape index (κ1) is 11.7. The van der Waals surface area contributed by atoms with E-state index >= 15 is 0 Å². The van der Waals surface area contributed by atoms with Gasteiger partial charge in [-0.2, -0.15) is 11.3 Å². The van der Waals surface area contributed by atoms with Crippen molar-refractivity contribution in [1.29, 1.82) is 0 Å².